The van der Waals surface area contributed by atoms with Crippen LogP contribution in [0.1, 0.15) is 0 Å². The molecule has 0 aliphatic rings. The van der Waals surface area contributed by atoms with E-state index < -0.39 is 0 Å². The van der Waals surface area contributed by atoms with E-state index in [2.05, 4.69) is 394 Å². The third-order valence-corrected chi connectivity index (χ3v) is 25.9. The lowest BCUT2D eigenvalue weighted by atomic mass is 10.00. The highest BCUT2D eigenvalue weighted by atomic mass is 32.1. The van der Waals surface area contributed by atoms with Gasteiger partial charge in [-0.2, -0.15) is 0 Å². The van der Waals surface area contributed by atoms with Gasteiger partial charge in [0.2, 0.25) is 0 Å². The molecule has 0 amide bonds. The van der Waals surface area contributed by atoms with Gasteiger partial charge in [0, 0.05) is 136 Å². The Hall–Kier alpha value is -16.8. The summed E-state index contributed by atoms with van der Waals surface area (Å²) >= 11 is 1.81. The monoisotopic (exact) mass is 1630 g/mol. The summed E-state index contributed by atoms with van der Waals surface area (Å²) in [4.78, 5) is 31.1. The fourth-order valence-corrected chi connectivity index (χ4v) is 20.1. The number of hydrogen-bond acceptors (Lipinski definition) is 8. The first-order valence-electron chi connectivity index (χ1n) is 42.4. The third kappa shape index (κ3) is 12.1. The Morgan fingerprint density at radius 2 is 0.508 bits per heavy atom. The molecule has 0 aliphatic carbocycles. The molecule has 8 heterocycles. The van der Waals surface area contributed by atoms with E-state index in [4.69, 9.17) is 34.3 Å². The first-order chi connectivity index (χ1) is 62.4. The average molecular weight is 1630 g/mol. The van der Waals surface area contributed by atoms with Gasteiger partial charge in [0.15, 0.2) is 34.9 Å². The highest BCUT2D eigenvalue weighted by Crippen LogP contribution is 2.45. The third-order valence-electron chi connectivity index (χ3n) is 24.7. The Balaban J connectivity index is 0.000000140. The summed E-state index contributed by atoms with van der Waals surface area (Å²) in [6.45, 7) is 0. The number of fused-ring (bicyclic) bond motifs is 18. The highest BCUT2D eigenvalue weighted by Gasteiger charge is 2.24. The van der Waals surface area contributed by atoms with Gasteiger partial charge in [-0.3, -0.25) is 0 Å². The van der Waals surface area contributed by atoms with E-state index in [1.165, 1.54) is 85.3 Å². The smallest absolute Gasteiger partial charge is 0.164 e. The van der Waals surface area contributed by atoms with Crippen LogP contribution in [0.3, 0.4) is 0 Å². The molecule has 0 fully saturated rings. The number of rotatable bonds is 12. The van der Waals surface area contributed by atoms with Crippen molar-refractivity contribution in [2.24, 2.45) is 0 Å². The maximum absolute atomic E-state index is 6.49. The second-order valence-corrected chi connectivity index (χ2v) is 33.1. The van der Waals surface area contributed by atoms with Gasteiger partial charge in [-0.25, -0.2) is 29.9 Å². The van der Waals surface area contributed by atoms with Crippen molar-refractivity contribution in [1.82, 2.24) is 48.2 Å². The quantitative estimate of drug-likeness (QED) is 0.120. The van der Waals surface area contributed by atoms with Crippen LogP contribution in [0.4, 0.5) is 0 Å². The van der Waals surface area contributed by atoms with Crippen LogP contribution in [0.5, 0.6) is 0 Å². The Morgan fingerprint density at radius 1 is 0.175 bits per heavy atom. The summed E-state index contributed by atoms with van der Waals surface area (Å²) < 4.78 is 18.5. The van der Waals surface area contributed by atoms with E-state index in [1.807, 2.05) is 59.9 Å². The van der Waals surface area contributed by atoms with E-state index in [0.717, 1.165) is 122 Å². The van der Waals surface area contributed by atoms with E-state index in [-0.39, 0.29) is 0 Å². The minimum absolute atomic E-state index is 0.581. The van der Waals surface area contributed by atoms with Gasteiger partial charge in [0.1, 0.15) is 11.2 Å². The lowest BCUT2D eigenvalue weighted by Crippen LogP contribution is -2.02. The lowest BCUT2D eigenvalue weighted by molar-refractivity contribution is 0.670. The fourth-order valence-electron chi connectivity index (χ4n) is 19.0. The minimum atomic E-state index is 0.581. The molecule has 0 atom stereocenters. The molecule has 0 unspecified atom stereocenters. The van der Waals surface area contributed by atoms with Crippen molar-refractivity contribution in [1.29, 1.82) is 0 Å². The van der Waals surface area contributed by atoms with Crippen LogP contribution in [0.15, 0.2) is 429 Å². The molecule has 588 valence electrons. The molecule has 11 nitrogen and oxygen atoms in total. The predicted octanol–water partition coefficient (Wildman–Crippen LogP) is 29.7. The highest BCUT2D eigenvalue weighted by molar-refractivity contribution is 7.25. The van der Waals surface area contributed by atoms with Crippen molar-refractivity contribution >= 4 is 141 Å². The summed E-state index contributed by atoms with van der Waals surface area (Å²) in [5.41, 5.74) is 25.0. The number of aromatic nitrogens is 10. The van der Waals surface area contributed by atoms with Crippen molar-refractivity contribution in [3.8, 4) is 113 Å². The molecular formula is C114H70N10OS. The summed E-state index contributed by atoms with van der Waals surface area (Å²) in [5.74, 6) is 3.68. The zero-order valence-corrected chi connectivity index (χ0v) is 68.5. The summed E-state index contributed by atoms with van der Waals surface area (Å²) in [5, 5.41) is 14.4. The normalized spacial score (nSPS) is 11.8. The van der Waals surface area contributed by atoms with E-state index in [1.54, 1.807) is 0 Å². The van der Waals surface area contributed by atoms with E-state index in [0.29, 0.717) is 34.9 Å². The largest absolute Gasteiger partial charge is 0.455 e. The first-order valence-corrected chi connectivity index (χ1v) is 43.2. The Morgan fingerprint density at radius 3 is 1.03 bits per heavy atom. The average Bonchev–Trinajstić information content (AvgIpc) is 1.57. The summed E-state index contributed by atoms with van der Waals surface area (Å²) in [7, 11) is 0. The van der Waals surface area contributed by atoms with Gasteiger partial charge in [-0.15, -0.1) is 11.3 Å². The Bertz CT molecular complexity index is 8770. The molecule has 8 aromatic heterocycles. The molecule has 18 aromatic carbocycles. The number of hydrogen-bond donors (Lipinski definition) is 0. The second-order valence-electron chi connectivity index (χ2n) is 32.0. The predicted molar refractivity (Wildman–Crippen MR) is 521 cm³/mol. The van der Waals surface area contributed by atoms with Crippen molar-refractivity contribution < 1.29 is 4.42 Å². The molecule has 0 aliphatic heterocycles. The Kier molecular flexibility index (Phi) is 16.9. The van der Waals surface area contributed by atoms with Crippen LogP contribution >= 0.6 is 11.3 Å². The molecule has 26 aromatic rings. The van der Waals surface area contributed by atoms with Gasteiger partial charge < -0.3 is 22.7 Å². The maximum Gasteiger partial charge on any atom is 0.164 e. The van der Waals surface area contributed by atoms with Crippen LogP contribution in [0.2, 0.25) is 0 Å². The maximum atomic E-state index is 6.49. The molecule has 0 spiro atoms. The molecular weight excluding hydrogens is 1560 g/mol. The van der Waals surface area contributed by atoms with Crippen molar-refractivity contribution in [2.45, 2.75) is 0 Å². The second kappa shape index (κ2) is 29.5. The standard InChI is InChI=1S/C63H39N5O.C51H31N5S/c1-3-17-40(18-4-1)44-36-45(38-47(37-44)68-57-31-13-9-25-51(57)54-39-46(33-34-58(54)68)67-55-29-11-7-23-49(55)50-24-8-12-30-56(50)67)63-65-61(41-19-5-2-6-20-41)64-62(66-63)43-22-15-21-42(35-43)48-27-16-28-53-52-26-10-14-32-59(52)69-60(48)53;1-2-13-32(14-3-1)49-52-50(54-51(53-49)34-25-28-48-42(30-34)40-20-7-11-24-47(40)57-48)33-15-12-16-35(29-33)55-45-23-10-6-19-39(45)41-31-36(26-27-46(41)55)56-43-21-8-4-17-37(43)38-18-5-9-22-44(38)56/h1-39H;1-31H. The van der Waals surface area contributed by atoms with Gasteiger partial charge in [-0.1, -0.05) is 285 Å². The lowest BCUT2D eigenvalue weighted by Gasteiger charge is -2.15. The molecule has 0 saturated heterocycles. The zero-order valence-electron chi connectivity index (χ0n) is 67.7. The molecule has 0 N–H and O–H groups in total. The number of furan rings is 1. The Labute approximate surface area is 726 Å². The molecule has 126 heavy (non-hydrogen) atoms. The zero-order chi connectivity index (χ0) is 82.9. The first kappa shape index (κ1) is 72.1. The number of para-hydroxylation sites is 8. The van der Waals surface area contributed by atoms with Gasteiger partial charge >= 0.3 is 0 Å². The van der Waals surface area contributed by atoms with Crippen molar-refractivity contribution in [2.75, 3.05) is 0 Å². The van der Waals surface area contributed by atoms with Crippen LogP contribution in [0.25, 0.3) is 243 Å². The number of nitrogens with zero attached hydrogens (tertiary/aromatic N) is 10. The van der Waals surface area contributed by atoms with Crippen LogP contribution in [0, 0.1) is 0 Å². The van der Waals surface area contributed by atoms with Gasteiger partial charge in [0.05, 0.1) is 44.1 Å². The topological polar surface area (TPSA) is 110 Å². The van der Waals surface area contributed by atoms with Crippen LogP contribution < -0.4 is 0 Å². The van der Waals surface area contributed by atoms with Crippen molar-refractivity contribution in [3.05, 3.63) is 425 Å². The summed E-state index contributed by atoms with van der Waals surface area (Å²) in [6.07, 6.45) is 0. The number of benzene rings is 18. The van der Waals surface area contributed by atoms with Crippen molar-refractivity contribution in [3.63, 3.8) is 0 Å². The fraction of sp³-hybridized carbons (Fsp3) is 0. The molecule has 0 bridgehead atoms. The minimum Gasteiger partial charge on any atom is -0.455 e. The molecule has 12 heteroatoms. The van der Waals surface area contributed by atoms with E-state index >= 15 is 0 Å². The molecule has 0 radical (unpaired) electrons. The molecule has 0 saturated carbocycles. The van der Waals surface area contributed by atoms with Crippen LogP contribution in [-0.4, -0.2) is 48.2 Å². The van der Waals surface area contributed by atoms with Gasteiger partial charge in [-0.05, 0) is 156 Å². The number of thiophene rings is 1. The SMILES string of the molecule is c1ccc(-c2cc(-c3nc(-c4ccccc4)nc(-c4cccc(-c5cccc6c5oc5ccccc56)c4)n3)cc(-n3c4ccccc4c4cc(-n5c6ccccc6c6ccccc65)ccc43)c2)cc1.c1ccc(-c2nc(-c3cccc(-n4c5ccccc5c5cc(-n6c7ccccc7c7ccccc76)ccc54)c3)nc(-c3ccc4sc5ccccc5c4c3)n2)cc1. The van der Waals surface area contributed by atoms with Gasteiger partial charge in [0.25, 0.3) is 0 Å². The summed E-state index contributed by atoms with van der Waals surface area (Å²) in [6, 6.07) is 150. The van der Waals surface area contributed by atoms with Crippen LogP contribution in [-0.2, 0) is 0 Å². The molecule has 26 rings (SSSR count). The van der Waals surface area contributed by atoms with E-state index in [9.17, 15) is 0 Å².